The van der Waals surface area contributed by atoms with E-state index in [1.54, 1.807) is 23.1 Å². The molecule has 1 aromatic rings. The van der Waals surface area contributed by atoms with Gasteiger partial charge in [-0.1, -0.05) is 29.3 Å². The molecule has 9 heteroatoms. The van der Waals surface area contributed by atoms with Crippen molar-refractivity contribution in [3.05, 3.63) is 33.8 Å². The van der Waals surface area contributed by atoms with Gasteiger partial charge in [0.05, 0.1) is 22.6 Å². The van der Waals surface area contributed by atoms with Crippen LogP contribution in [0.15, 0.2) is 22.7 Å². The zero-order valence-corrected chi connectivity index (χ0v) is 18.8. The fraction of sp³-hybridized carbons (Fsp3) is 0.550. The van der Waals surface area contributed by atoms with Gasteiger partial charge in [0.25, 0.3) is 11.8 Å². The van der Waals surface area contributed by atoms with E-state index in [-0.39, 0.29) is 48.2 Å². The highest BCUT2D eigenvalue weighted by atomic mass is 79.9. The van der Waals surface area contributed by atoms with E-state index >= 15 is 0 Å². The first-order chi connectivity index (χ1) is 13.7. The number of sulfone groups is 1. The number of amides is 3. The van der Waals surface area contributed by atoms with Gasteiger partial charge in [-0.05, 0) is 37.5 Å². The zero-order chi connectivity index (χ0) is 21.2. The Hall–Kier alpha value is -1.74. The number of fused-ring (bicyclic) bond motifs is 1. The average Bonchev–Trinajstić information content (AvgIpc) is 3.14. The van der Waals surface area contributed by atoms with Crippen molar-refractivity contribution in [2.45, 2.75) is 45.1 Å². The van der Waals surface area contributed by atoms with E-state index in [1.807, 2.05) is 6.92 Å². The molecular formula is C20H25BrN2O5S. The SMILES string of the molecule is CCCCN(C(=O)CCCN1C(=O)c2ccc(Br)cc2C1=O)C1CCS(=O)(=O)C1. The van der Waals surface area contributed by atoms with E-state index in [4.69, 9.17) is 0 Å². The third kappa shape index (κ3) is 4.88. The van der Waals surface area contributed by atoms with Gasteiger partial charge in [-0.25, -0.2) is 8.42 Å². The lowest BCUT2D eigenvalue weighted by atomic mass is 10.1. The summed E-state index contributed by atoms with van der Waals surface area (Å²) in [5.41, 5.74) is 0.752. The predicted octanol–water partition coefficient (Wildman–Crippen LogP) is 2.64. The van der Waals surface area contributed by atoms with Crippen LogP contribution in [-0.2, 0) is 14.6 Å². The Kier molecular flexibility index (Phi) is 6.78. The molecule has 0 aromatic heterocycles. The van der Waals surface area contributed by atoms with Crippen molar-refractivity contribution in [1.29, 1.82) is 0 Å². The Labute approximate surface area is 179 Å². The van der Waals surface area contributed by atoms with Crippen LogP contribution < -0.4 is 0 Å². The molecule has 29 heavy (non-hydrogen) atoms. The molecule has 1 aromatic carbocycles. The van der Waals surface area contributed by atoms with Crippen LogP contribution in [0, 0.1) is 0 Å². The van der Waals surface area contributed by atoms with E-state index in [0.717, 1.165) is 17.3 Å². The van der Waals surface area contributed by atoms with Crippen molar-refractivity contribution >= 4 is 43.5 Å². The van der Waals surface area contributed by atoms with Gasteiger partial charge in [-0.2, -0.15) is 0 Å². The van der Waals surface area contributed by atoms with E-state index in [2.05, 4.69) is 15.9 Å². The highest BCUT2D eigenvalue weighted by Crippen LogP contribution is 2.26. The van der Waals surface area contributed by atoms with Crippen LogP contribution in [0.25, 0.3) is 0 Å². The quantitative estimate of drug-likeness (QED) is 0.528. The second-order valence-electron chi connectivity index (χ2n) is 7.55. The fourth-order valence-corrected chi connectivity index (χ4v) is 5.95. The summed E-state index contributed by atoms with van der Waals surface area (Å²) in [5.74, 6) is -0.647. The Morgan fingerprint density at radius 2 is 1.93 bits per heavy atom. The highest BCUT2D eigenvalue weighted by Gasteiger charge is 2.36. The molecule has 0 radical (unpaired) electrons. The number of nitrogens with zero attached hydrogens (tertiary/aromatic N) is 2. The summed E-state index contributed by atoms with van der Waals surface area (Å²) in [7, 11) is -3.08. The van der Waals surface area contributed by atoms with Gasteiger partial charge in [0.15, 0.2) is 9.84 Å². The standard InChI is InChI=1S/C20H25BrN2O5S/c1-2-3-9-22(15-8-11-29(27,28)13-15)18(24)5-4-10-23-19(25)16-7-6-14(21)12-17(16)20(23)26/h6-7,12,15H,2-5,8-11,13H2,1H3. The molecule has 2 aliphatic heterocycles. The molecule has 3 rings (SSSR count). The van der Waals surface area contributed by atoms with Gasteiger partial charge in [-0.3, -0.25) is 19.3 Å². The van der Waals surface area contributed by atoms with Crippen LogP contribution in [0.3, 0.4) is 0 Å². The van der Waals surface area contributed by atoms with Gasteiger partial charge < -0.3 is 4.90 Å². The number of unbranched alkanes of at least 4 members (excludes halogenated alkanes) is 1. The summed E-state index contributed by atoms with van der Waals surface area (Å²) in [4.78, 5) is 40.6. The molecule has 0 aliphatic carbocycles. The molecule has 3 amide bonds. The minimum Gasteiger partial charge on any atom is -0.339 e. The first-order valence-electron chi connectivity index (χ1n) is 9.89. The van der Waals surface area contributed by atoms with Crippen molar-refractivity contribution < 1.29 is 22.8 Å². The number of carbonyl (C=O) groups excluding carboxylic acids is 3. The molecule has 0 bridgehead atoms. The number of hydrogen-bond donors (Lipinski definition) is 0. The van der Waals surface area contributed by atoms with E-state index in [9.17, 15) is 22.8 Å². The Morgan fingerprint density at radius 3 is 2.59 bits per heavy atom. The molecule has 1 fully saturated rings. The second-order valence-corrected chi connectivity index (χ2v) is 10.7. The molecule has 158 valence electrons. The van der Waals surface area contributed by atoms with E-state index < -0.39 is 9.84 Å². The largest absolute Gasteiger partial charge is 0.339 e. The number of carbonyl (C=O) groups is 3. The smallest absolute Gasteiger partial charge is 0.261 e. The van der Waals surface area contributed by atoms with Crippen LogP contribution in [0.2, 0.25) is 0 Å². The third-order valence-corrected chi connectivity index (χ3v) is 7.67. The number of halogens is 1. The molecular weight excluding hydrogens is 460 g/mol. The first-order valence-corrected chi connectivity index (χ1v) is 12.5. The summed E-state index contributed by atoms with van der Waals surface area (Å²) in [6.45, 7) is 2.73. The number of rotatable bonds is 8. The van der Waals surface area contributed by atoms with Gasteiger partial charge in [0, 0.05) is 30.0 Å². The molecule has 7 nitrogen and oxygen atoms in total. The Morgan fingerprint density at radius 1 is 1.21 bits per heavy atom. The predicted molar refractivity (Wildman–Crippen MR) is 112 cm³/mol. The van der Waals surface area contributed by atoms with Gasteiger partial charge in [-0.15, -0.1) is 0 Å². The normalized spacial score (nSPS) is 20.2. The Bertz CT molecular complexity index is 931. The summed E-state index contributed by atoms with van der Waals surface area (Å²) >= 11 is 3.31. The van der Waals surface area contributed by atoms with Crippen molar-refractivity contribution in [1.82, 2.24) is 9.80 Å². The molecule has 0 N–H and O–H groups in total. The monoisotopic (exact) mass is 484 g/mol. The van der Waals surface area contributed by atoms with Crippen LogP contribution >= 0.6 is 15.9 Å². The minimum atomic E-state index is -3.08. The maximum absolute atomic E-state index is 12.8. The summed E-state index contributed by atoms with van der Waals surface area (Å²) in [5, 5.41) is 0. The van der Waals surface area contributed by atoms with Crippen LogP contribution in [0.5, 0.6) is 0 Å². The molecule has 1 saturated heterocycles. The van der Waals surface area contributed by atoms with Gasteiger partial charge in [0.1, 0.15) is 0 Å². The molecule has 2 aliphatic rings. The topological polar surface area (TPSA) is 91.8 Å². The third-order valence-electron chi connectivity index (χ3n) is 5.43. The average molecular weight is 485 g/mol. The van der Waals surface area contributed by atoms with E-state index in [0.29, 0.717) is 30.5 Å². The lowest BCUT2D eigenvalue weighted by molar-refractivity contribution is -0.133. The molecule has 0 saturated carbocycles. The number of benzene rings is 1. The second kappa shape index (κ2) is 8.95. The fourth-order valence-electron chi connectivity index (χ4n) is 3.86. The first kappa shape index (κ1) is 22.0. The summed E-state index contributed by atoms with van der Waals surface area (Å²) in [6.07, 6.45) is 2.74. The lowest BCUT2D eigenvalue weighted by Gasteiger charge is -2.28. The van der Waals surface area contributed by atoms with Gasteiger partial charge >= 0.3 is 0 Å². The van der Waals surface area contributed by atoms with E-state index in [1.165, 1.54) is 4.90 Å². The van der Waals surface area contributed by atoms with Crippen molar-refractivity contribution in [3.8, 4) is 0 Å². The zero-order valence-electron chi connectivity index (χ0n) is 16.4. The van der Waals surface area contributed by atoms with Crippen molar-refractivity contribution in [2.75, 3.05) is 24.6 Å². The lowest BCUT2D eigenvalue weighted by Crippen LogP contribution is -2.42. The molecule has 0 spiro atoms. The van der Waals surface area contributed by atoms with Crippen molar-refractivity contribution in [3.63, 3.8) is 0 Å². The molecule has 1 atom stereocenters. The molecule has 1 unspecified atom stereocenters. The summed E-state index contributed by atoms with van der Waals surface area (Å²) < 4.78 is 24.4. The minimum absolute atomic E-state index is 0.0235. The van der Waals surface area contributed by atoms with Crippen LogP contribution in [0.1, 0.15) is 59.7 Å². The maximum Gasteiger partial charge on any atom is 0.261 e. The highest BCUT2D eigenvalue weighted by molar-refractivity contribution is 9.10. The molecule has 2 heterocycles. The summed E-state index contributed by atoms with van der Waals surface area (Å²) in [6, 6.07) is 4.71. The maximum atomic E-state index is 12.8. The van der Waals surface area contributed by atoms with Crippen LogP contribution in [-0.4, -0.2) is 66.6 Å². The van der Waals surface area contributed by atoms with Crippen LogP contribution in [0.4, 0.5) is 0 Å². The van der Waals surface area contributed by atoms with Crippen molar-refractivity contribution in [2.24, 2.45) is 0 Å². The number of imide groups is 1. The Balaban J connectivity index is 1.59. The van der Waals surface area contributed by atoms with Gasteiger partial charge in [0.2, 0.25) is 5.91 Å². The number of hydrogen-bond acceptors (Lipinski definition) is 5.